The third-order valence-electron chi connectivity index (χ3n) is 7.58. The Hall–Kier alpha value is -2.24. The zero-order chi connectivity index (χ0) is 23.6. The summed E-state index contributed by atoms with van der Waals surface area (Å²) in [5.41, 5.74) is 2.03. The zero-order valence-electron chi connectivity index (χ0n) is 20.1. The predicted octanol–water partition coefficient (Wildman–Crippen LogP) is 3.09. The molecule has 6 rings (SSSR count). The van der Waals surface area contributed by atoms with Gasteiger partial charge < -0.3 is 14.8 Å². The lowest BCUT2D eigenvalue weighted by atomic mass is 9.85. The fourth-order valence-corrected chi connectivity index (χ4v) is 6.68. The molecule has 0 amide bonds. The fourth-order valence-electron chi connectivity index (χ4n) is 5.88. The highest BCUT2D eigenvalue weighted by Crippen LogP contribution is 2.43. The molecule has 186 valence electrons. The number of aryl methyl sites for hydroxylation is 1. The molecule has 2 aliphatic heterocycles. The standard InChI is InChI=1S/C25H33N7O2S/c1-17-12-20(30-25(29-17)32-10-6-27-15-32)23-19(24-28-7-11-35-24)4-8-31(23)9-5-26-14-18-2-3-21-22(13-18)34-16-33-21/h6-7,10-12,15,18-19,21-23,26H,2-5,8-9,13-14,16H2,1H3/t18-,19?,21?,22?,23?/m1/s1. The molecule has 1 saturated carbocycles. The van der Waals surface area contributed by atoms with Gasteiger partial charge in [0.1, 0.15) is 13.1 Å². The number of ether oxygens (including phenoxy) is 2. The quantitative estimate of drug-likeness (QED) is 0.477. The summed E-state index contributed by atoms with van der Waals surface area (Å²) in [7, 11) is 0. The van der Waals surface area contributed by atoms with Crippen LogP contribution in [-0.2, 0) is 9.47 Å². The van der Waals surface area contributed by atoms with Gasteiger partial charge in [-0.3, -0.25) is 9.47 Å². The monoisotopic (exact) mass is 495 g/mol. The van der Waals surface area contributed by atoms with E-state index in [4.69, 9.17) is 14.5 Å². The molecule has 0 aromatic carbocycles. The van der Waals surface area contributed by atoms with E-state index >= 15 is 0 Å². The summed E-state index contributed by atoms with van der Waals surface area (Å²) in [6.45, 7) is 6.53. The summed E-state index contributed by atoms with van der Waals surface area (Å²) in [6, 6.07) is 2.32. The third-order valence-corrected chi connectivity index (χ3v) is 8.49. The minimum Gasteiger partial charge on any atom is -0.349 e. The van der Waals surface area contributed by atoms with Crippen molar-refractivity contribution in [2.75, 3.05) is 33.0 Å². The lowest BCUT2D eigenvalue weighted by molar-refractivity contribution is 0.0388. The highest BCUT2D eigenvalue weighted by atomic mass is 32.1. The van der Waals surface area contributed by atoms with Crippen molar-refractivity contribution in [2.24, 2.45) is 5.92 Å². The largest absolute Gasteiger partial charge is 0.349 e. The van der Waals surface area contributed by atoms with E-state index in [9.17, 15) is 0 Å². The van der Waals surface area contributed by atoms with Crippen molar-refractivity contribution in [3.05, 3.63) is 52.8 Å². The van der Waals surface area contributed by atoms with Crippen molar-refractivity contribution in [3.8, 4) is 5.95 Å². The summed E-state index contributed by atoms with van der Waals surface area (Å²) >= 11 is 1.75. The summed E-state index contributed by atoms with van der Waals surface area (Å²) in [6.07, 6.45) is 12.5. The topological polar surface area (TPSA) is 90.2 Å². The van der Waals surface area contributed by atoms with Crippen LogP contribution in [0.4, 0.5) is 0 Å². The van der Waals surface area contributed by atoms with Gasteiger partial charge in [0.25, 0.3) is 0 Å². The van der Waals surface area contributed by atoms with Crippen molar-refractivity contribution in [1.82, 2.24) is 34.7 Å². The van der Waals surface area contributed by atoms with Crippen LogP contribution in [0.15, 0.2) is 36.4 Å². The van der Waals surface area contributed by atoms with Gasteiger partial charge in [-0.15, -0.1) is 11.3 Å². The minimum absolute atomic E-state index is 0.186. The van der Waals surface area contributed by atoms with Gasteiger partial charge in [-0.2, -0.15) is 0 Å². The lowest BCUT2D eigenvalue weighted by Gasteiger charge is -2.30. The smallest absolute Gasteiger partial charge is 0.235 e. The van der Waals surface area contributed by atoms with Gasteiger partial charge >= 0.3 is 0 Å². The third kappa shape index (κ3) is 5.03. The Morgan fingerprint density at radius 1 is 1.14 bits per heavy atom. The molecule has 3 aliphatic rings. The zero-order valence-corrected chi connectivity index (χ0v) is 20.9. The van der Waals surface area contributed by atoms with E-state index in [1.165, 1.54) is 11.4 Å². The molecule has 4 unspecified atom stereocenters. The maximum Gasteiger partial charge on any atom is 0.235 e. The van der Waals surface area contributed by atoms with E-state index < -0.39 is 0 Å². The molecule has 3 aromatic heterocycles. The van der Waals surface area contributed by atoms with E-state index in [2.05, 4.69) is 36.6 Å². The van der Waals surface area contributed by atoms with Gasteiger partial charge in [0.05, 0.1) is 29.0 Å². The molecule has 9 nitrogen and oxygen atoms in total. The van der Waals surface area contributed by atoms with Gasteiger partial charge in [0.2, 0.25) is 5.95 Å². The molecule has 35 heavy (non-hydrogen) atoms. The molecule has 3 aromatic rings. The van der Waals surface area contributed by atoms with Crippen LogP contribution in [0.2, 0.25) is 0 Å². The van der Waals surface area contributed by atoms with Crippen LogP contribution in [0, 0.1) is 12.8 Å². The van der Waals surface area contributed by atoms with E-state index in [0.29, 0.717) is 36.8 Å². The number of imidazole rings is 1. The first-order chi connectivity index (χ1) is 17.2. The van der Waals surface area contributed by atoms with Crippen LogP contribution in [0.1, 0.15) is 54.0 Å². The molecule has 0 radical (unpaired) electrons. The molecule has 10 heteroatoms. The van der Waals surface area contributed by atoms with Crippen molar-refractivity contribution in [1.29, 1.82) is 0 Å². The molecule has 2 saturated heterocycles. The Morgan fingerprint density at radius 2 is 2.09 bits per heavy atom. The molecular formula is C25H33N7O2S. The molecular weight excluding hydrogens is 462 g/mol. The van der Waals surface area contributed by atoms with Gasteiger partial charge in [0.15, 0.2) is 0 Å². The summed E-state index contributed by atoms with van der Waals surface area (Å²) in [5, 5.41) is 7.00. The molecule has 5 atom stereocenters. The highest BCUT2D eigenvalue weighted by molar-refractivity contribution is 7.09. The first-order valence-corrected chi connectivity index (χ1v) is 13.5. The van der Waals surface area contributed by atoms with Crippen LogP contribution < -0.4 is 5.32 Å². The molecule has 1 aliphatic carbocycles. The Bertz CT molecular complexity index is 1090. The second-order valence-electron chi connectivity index (χ2n) is 9.86. The maximum absolute atomic E-state index is 5.75. The number of hydrogen-bond donors (Lipinski definition) is 1. The molecule has 0 spiro atoms. The number of hydrogen-bond acceptors (Lipinski definition) is 9. The number of thiazole rings is 1. The first-order valence-electron chi connectivity index (χ1n) is 12.7. The number of likely N-dealkylation sites (tertiary alicyclic amines) is 1. The predicted molar refractivity (Wildman–Crippen MR) is 133 cm³/mol. The van der Waals surface area contributed by atoms with Crippen LogP contribution >= 0.6 is 11.3 Å². The van der Waals surface area contributed by atoms with Crippen molar-refractivity contribution < 1.29 is 9.47 Å². The van der Waals surface area contributed by atoms with Crippen molar-refractivity contribution >= 4 is 11.3 Å². The number of nitrogens with one attached hydrogen (secondary N) is 1. The fraction of sp³-hybridized carbons (Fsp3) is 0.600. The second-order valence-corrected chi connectivity index (χ2v) is 10.8. The number of fused-ring (bicyclic) bond motifs is 1. The maximum atomic E-state index is 5.75. The normalized spacial score (nSPS) is 29.0. The van der Waals surface area contributed by atoms with E-state index in [1.807, 2.05) is 23.9 Å². The number of aromatic nitrogens is 5. The Balaban J connectivity index is 1.14. The van der Waals surface area contributed by atoms with Crippen LogP contribution in [0.25, 0.3) is 5.95 Å². The molecule has 3 fully saturated rings. The Morgan fingerprint density at radius 3 is 2.94 bits per heavy atom. The van der Waals surface area contributed by atoms with Crippen molar-refractivity contribution in [2.45, 2.75) is 56.8 Å². The van der Waals surface area contributed by atoms with Gasteiger partial charge in [-0.1, -0.05) is 0 Å². The second kappa shape index (κ2) is 10.4. The summed E-state index contributed by atoms with van der Waals surface area (Å²) in [5.74, 6) is 1.68. The minimum atomic E-state index is 0.186. The van der Waals surface area contributed by atoms with E-state index in [1.54, 1.807) is 23.9 Å². The number of nitrogens with zero attached hydrogens (tertiary/aromatic N) is 6. The average molecular weight is 496 g/mol. The van der Waals surface area contributed by atoms with Crippen LogP contribution in [0.3, 0.4) is 0 Å². The number of rotatable bonds is 8. The van der Waals surface area contributed by atoms with Gasteiger partial charge in [-0.05, 0) is 57.7 Å². The Labute approximate surface area is 209 Å². The van der Waals surface area contributed by atoms with Crippen LogP contribution in [-0.4, -0.2) is 74.6 Å². The SMILES string of the molecule is Cc1cc(C2C(c3nccs3)CCN2CCNC[C@@H]2CCC3OCOC3C2)nc(-n2ccnc2)n1. The first kappa shape index (κ1) is 23.2. The van der Waals surface area contributed by atoms with Gasteiger partial charge in [-0.25, -0.2) is 19.9 Å². The van der Waals surface area contributed by atoms with Gasteiger partial charge in [0, 0.05) is 48.7 Å². The van der Waals surface area contributed by atoms with E-state index in [0.717, 1.165) is 56.8 Å². The molecule has 1 N–H and O–H groups in total. The van der Waals surface area contributed by atoms with Crippen molar-refractivity contribution in [3.63, 3.8) is 0 Å². The highest BCUT2D eigenvalue weighted by Gasteiger charge is 2.39. The Kier molecular flexibility index (Phi) is 6.89. The van der Waals surface area contributed by atoms with E-state index in [-0.39, 0.29) is 6.04 Å². The molecule has 0 bridgehead atoms. The summed E-state index contributed by atoms with van der Waals surface area (Å²) < 4.78 is 13.3. The summed E-state index contributed by atoms with van der Waals surface area (Å²) in [4.78, 5) is 21.1. The lowest BCUT2D eigenvalue weighted by Crippen LogP contribution is -2.38. The average Bonchev–Trinajstić information content (AvgIpc) is 3.68. The van der Waals surface area contributed by atoms with Crippen LogP contribution in [0.5, 0.6) is 0 Å². The molecule has 5 heterocycles.